The van der Waals surface area contributed by atoms with E-state index in [2.05, 4.69) is 4.98 Å². The highest BCUT2D eigenvalue weighted by Gasteiger charge is 2.26. The molecule has 1 aromatic carbocycles. The number of ether oxygens (including phenoxy) is 1. The van der Waals surface area contributed by atoms with Crippen molar-refractivity contribution in [1.82, 2.24) is 4.98 Å². The van der Waals surface area contributed by atoms with E-state index in [1.54, 1.807) is 18.7 Å². The van der Waals surface area contributed by atoms with Crippen LogP contribution in [0.5, 0.6) is 0 Å². The predicted molar refractivity (Wildman–Crippen MR) is 109 cm³/mol. The second-order valence-electron chi connectivity index (χ2n) is 5.94. The number of thiophene rings is 1. The molecule has 140 valence electrons. The van der Waals surface area contributed by atoms with Crippen LogP contribution in [0.4, 0.5) is 5.13 Å². The third-order valence-corrected chi connectivity index (χ3v) is 6.13. The van der Waals surface area contributed by atoms with Crippen LogP contribution in [0.3, 0.4) is 0 Å². The van der Waals surface area contributed by atoms with Crippen molar-refractivity contribution in [2.75, 3.05) is 11.5 Å². The molecule has 3 aromatic rings. The minimum atomic E-state index is -0.404. The molecular formula is C20H20N2O3S2. The van der Waals surface area contributed by atoms with E-state index in [1.165, 1.54) is 22.7 Å². The van der Waals surface area contributed by atoms with Crippen LogP contribution in [0, 0.1) is 13.8 Å². The first-order valence-electron chi connectivity index (χ1n) is 8.55. The number of carbonyl (C=O) groups excluding carboxylic acids is 2. The molecule has 0 atom stereocenters. The largest absolute Gasteiger partial charge is 0.462 e. The van der Waals surface area contributed by atoms with Gasteiger partial charge in [0.1, 0.15) is 4.88 Å². The molecule has 7 heteroatoms. The van der Waals surface area contributed by atoms with Crippen molar-refractivity contribution in [2.24, 2.45) is 0 Å². The van der Waals surface area contributed by atoms with Gasteiger partial charge in [-0.3, -0.25) is 9.69 Å². The Morgan fingerprint density at radius 1 is 1.11 bits per heavy atom. The number of nitrogens with zero attached hydrogens (tertiary/aromatic N) is 2. The predicted octanol–water partition coefficient (Wildman–Crippen LogP) is 4.85. The number of carbonyl (C=O) groups is 2. The maximum atomic E-state index is 13.2. The Bertz CT molecular complexity index is 947. The fourth-order valence-corrected chi connectivity index (χ4v) is 4.42. The Kier molecular flexibility index (Phi) is 6.03. The van der Waals surface area contributed by atoms with E-state index < -0.39 is 5.97 Å². The van der Waals surface area contributed by atoms with Gasteiger partial charge in [0.15, 0.2) is 5.13 Å². The molecule has 0 saturated heterocycles. The van der Waals surface area contributed by atoms with Gasteiger partial charge >= 0.3 is 5.97 Å². The Labute approximate surface area is 166 Å². The zero-order chi connectivity index (χ0) is 19.4. The molecule has 0 aliphatic rings. The summed E-state index contributed by atoms with van der Waals surface area (Å²) in [5, 5.41) is 2.40. The number of esters is 1. The standard InChI is InChI=1S/C20H20N2O3S2/c1-4-25-19(24)17-14(3)21-20(27-17)22(12-15-8-6-5-7-9-15)18(23)16-13(2)10-11-26-16/h5-11H,4,12H2,1-3H3. The van der Waals surface area contributed by atoms with Gasteiger partial charge in [-0.1, -0.05) is 41.7 Å². The van der Waals surface area contributed by atoms with Gasteiger partial charge < -0.3 is 4.74 Å². The number of hydrogen-bond donors (Lipinski definition) is 0. The number of aromatic nitrogens is 1. The first kappa shape index (κ1) is 19.3. The van der Waals surface area contributed by atoms with E-state index in [1.807, 2.05) is 48.7 Å². The van der Waals surface area contributed by atoms with E-state index in [-0.39, 0.29) is 5.91 Å². The number of aryl methyl sites for hydroxylation is 2. The molecule has 0 spiro atoms. The molecule has 0 N–H and O–H groups in total. The lowest BCUT2D eigenvalue weighted by Gasteiger charge is -2.20. The van der Waals surface area contributed by atoms with Gasteiger partial charge in [0, 0.05) is 0 Å². The van der Waals surface area contributed by atoms with Gasteiger partial charge in [-0.05, 0) is 43.3 Å². The normalized spacial score (nSPS) is 10.6. The molecule has 1 amide bonds. The highest BCUT2D eigenvalue weighted by Crippen LogP contribution is 2.30. The molecule has 0 aliphatic heterocycles. The molecule has 0 unspecified atom stereocenters. The molecule has 0 bridgehead atoms. The maximum Gasteiger partial charge on any atom is 0.350 e. The van der Waals surface area contributed by atoms with Crippen LogP contribution >= 0.6 is 22.7 Å². The summed E-state index contributed by atoms with van der Waals surface area (Å²) in [5.74, 6) is -0.520. The summed E-state index contributed by atoms with van der Waals surface area (Å²) in [7, 11) is 0. The van der Waals surface area contributed by atoms with Gasteiger partial charge in [0.25, 0.3) is 5.91 Å². The van der Waals surface area contributed by atoms with Crippen LogP contribution in [0.15, 0.2) is 41.8 Å². The van der Waals surface area contributed by atoms with E-state index in [0.29, 0.717) is 33.7 Å². The first-order chi connectivity index (χ1) is 13.0. The second kappa shape index (κ2) is 8.45. The molecule has 5 nitrogen and oxygen atoms in total. The van der Waals surface area contributed by atoms with Gasteiger partial charge in [-0.2, -0.15) is 0 Å². The Hall–Kier alpha value is -2.51. The van der Waals surface area contributed by atoms with Crippen molar-refractivity contribution >= 4 is 39.7 Å². The highest BCUT2D eigenvalue weighted by atomic mass is 32.1. The number of hydrogen-bond acceptors (Lipinski definition) is 6. The zero-order valence-electron chi connectivity index (χ0n) is 15.4. The summed E-state index contributed by atoms with van der Waals surface area (Å²) < 4.78 is 5.10. The summed E-state index contributed by atoms with van der Waals surface area (Å²) in [5.41, 5.74) is 2.50. The Morgan fingerprint density at radius 2 is 1.85 bits per heavy atom. The minimum Gasteiger partial charge on any atom is -0.462 e. The van der Waals surface area contributed by atoms with E-state index in [9.17, 15) is 9.59 Å². The Balaban J connectivity index is 1.99. The van der Waals surface area contributed by atoms with E-state index >= 15 is 0 Å². The number of amides is 1. The van der Waals surface area contributed by atoms with Crippen LogP contribution in [-0.4, -0.2) is 23.5 Å². The van der Waals surface area contributed by atoms with Crippen LogP contribution < -0.4 is 4.90 Å². The Morgan fingerprint density at radius 3 is 2.48 bits per heavy atom. The summed E-state index contributed by atoms with van der Waals surface area (Å²) in [4.78, 5) is 32.6. The van der Waals surface area contributed by atoms with Crippen molar-refractivity contribution in [3.05, 3.63) is 68.4 Å². The van der Waals surface area contributed by atoms with Crippen LogP contribution in [0.1, 0.15) is 43.1 Å². The summed E-state index contributed by atoms with van der Waals surface area (Å²) in [6.45, 7) is 6.12. The molecule has 27 heavy (non-hydrogen) atoms. The van der Waals surface area contributed by atoms with Gasteiger partial charge in [0.2, 0.25) is 0 Å². The fraction of sp³-hybridized carbons (Fsp3) is 0.250. The van der Waals surface area contributed by atoms with Crippen molar-refractivity contribution in [2.45, 2.75) is 27.3 Å². The molecule has 2 aromatic heterocycles. The lowest BCUT2D eigenvalue weighted by molar-refractivity contribution is 0.0531. The zero-order valence-corrected chi connectivity index (χ0v) is 17.0. The summed E-state index contributed by atoms with van der Waals surface area (Å²) >= 11 is 2.60. The molecule has 3 rings (SSSR count). The van der Waals surface area contributed by atoms with Crippen LogP contribution in [0.2, 0.25) is 0 Å². The smallest absolute Gasteiger partial charge is 0.350 e. The number of anilines is 1. The third-order valence-electron chi connectivity index (χ3n) is 3.96. The van der Waals surface area contributed by atoms with Crippen molar-refractivity contribution in [1.29, 1.82) is 0 Å². The molecule has 2 heterocycles. The van der Waals surface area contributed by atoms with Crippen molar-refractivity contribution in [3.8, 4) is 0 Å². The average Bonchev–Trinajstić information content (AvgIpc) is 3.26. The summed E-state index contributed by atoms with van der Waals surface area (Å²) in [6, 6.07) is 11.7. The summed E-state index contributed by atoms with van der Waals surface area (Å²) in [6.07, 6.45) is 0. The van der Waals surface area contributed by atoms with Crippen LogP contribution in [-0.2, 0) is 11.3 Å². The lowest BCUT2D eigenvalue weighted by atomic mass is 10.2. The van der Waals surface area contributed by atoms with E-state index in [4.69, 9.17) is 4.74 Å². The number of benzene rings is 1. The highest BCUT2D eigenvalue weighted by molar-refractivity contribution is 7.18. The van der Waals surface area contributed by atoms with E-state index in [0.717, 1.165) is 11.1 Å². The third kappa shape index (κ3) is 4.26. The molecular weight excluding hydrogens is 380 g/mol. The lowest BCUT2D eigenvalue weighted by Crippen LogP contribution is -2.30. The van der Waals surface area contributed by atoms with Crippen molar-refractivity contribution < 1.29 is 14.3 Å². The number of rotatable bonds is 6. The quantitative estimate of drug-likeness (QED) is 0.555. The topological polar surface area (TPSA) is 59.5 Å². The van der Waals surface area contributed by atoms with Gasteiger partial charge in [-0.25, -0.2) is 9.78 Å². The molecule has 0 aliphatic carbocycles. The van der Waals surface area contributed by atoms with Crippen LogP contribution in [0.25, 0.3) is 0 Å². The molecule has 0 radical (unpaired) electrons. The maximum absolute atomic E-state index is 13.2. The fourth-order valence-electron chi connectivity index (χ4n) is 2.59. The molecule has 0 saturated carbocycles. The monoisotopic (exact) mass is 400 g/mol. The van der Waals surface area contributed by atoms with Gasteiger partial charge in [-0.15, -0.1) is 11.3 Å². The minimum absolute atomic E-state index is 0.115. The SMILES string of the molecule is CCOC(=O)c1sc(N(Cc2ccccc2)C(=O)c2sccc2C)nc1C. The molecule has 0 fully saturated rings. The van der Waals surface area contributed by atoms with Gasteiger partial charge in [0.05, 0.1) is 23.7 Å². The second-order valence-corrected chi connectivity index (χ2v) is 7.83. The number of thiazole rings is 1. The van der Waals surface area contributed by atoms with Crippen molar-refractivity contribution in [3.63, 3.8) is 0 Å². The first-order valence-corrected chi connectivity index (χ1v) is 10.2. The average molecular weight is 401 g/mol.